The van der Waals surface area contributed by atoms with Gasteiger partial charge in [-0.25, -0.2) is 4.98 Å². The van der Waals surface area contributed by atoms with E-state index >= 15 is 0 Å². The van der Waals surface area contributed by atoms with Gasteiger partial charge in [-0.05, 0) is 50.4 Å². The summed E-state index contributed by atoms with van der Waals surface area (Å²) in [6.45, 7) is 0.869. The number of H-pyrrole nitrogens is 1. The van der Waals surface area contributed by atoms with Crippen LogP contribution in [0, 0.1) is 11.8 Å². The van der Waals surface area contributed by atoms with Crippen molar-refractivity contribution in [2.75, 3.05) is 0 Å². The lowest BCUT2D eigenvalue weighted by molar-refractivity contribution is 0.358. The fraction of sp³-hybridized carbons (Fsp3) is 0.857. The Bertz CT molecular complexity index is 419. The standard InChI is InChI=1S/C14H22N4/c1-2-11(9-4-5-9)12(3-1)15-8-13-16-14(18-17-13)10-6-7-10/h9-12,15H,1-8H2,(H,16,17,18). The van der Waals surface area contributed by atoms with Crippen LogP contribution in [0.3, 0.4) is 0 Å². The summed E-state index contributed by atoms with van der Waals surface area (Å²) >= 11 is 0. The molecule has 2 N–H and O–H groups in total. The van der Waals surface area contributed by atoms with E-state index in [1.165, 1.54) is 44.9 Å². The Hall–Kier alpha value is -0.900. The molecule has 3 saturated carbocycles. The van der Waals surface area contributed by atoms with Gasteiger partial charge in [0.2, 0.25) is 0 Å². The van der Waals surface area contributed by atoms with E-state index in [-0.39, 0.29) is 0 Å². The molecule has 18 heavy (non-hydrogen) atoms. The summed E-state index contributed by atoms with van der Waals surface area (Å²) in [4.78, 5) is 4.59. The fourth-order valence-electron chi connectivity index (χ4n) is 3.47. The van der Waals surface area contributed by atoms with Crippen LogP contribution in [0.25, 0.3) is 0 Å². The number of hydrogen-bond acceptors (Lipinski definition) is 3. The lowest BCUT2D eigenvalue weighted by Gasteiger charge is -2.19. The van der Waals surface area contributed by atoms with Gasteiger partial charge in [0.15, 0.2) is 5.82 Å². The molecule has 4 rings (SSSR count). The minimum atomic E-state index is 0.653. The molecule has 4 nitrogen and oxygen atoms in total. The summed E-state index contributed by atoms with van der Waals surface area (Å²) in [5.41, 5.74) is 0. The lowest BCUT2D eigenvalue weighted by Crippen LogP contribution is -2.33. The molecule has 3 aliphatic carbocycles. The van der Waals surface area contributed by atoms with Crippen molar-refractivity contribution in [3.8, 4) is 0 Å². The predicted molar refractivity (Wildman–Crippen MR) is 69.1 cm³/mol. The van der Waals surface area contributed by atoms with Gasteiger partial charge in [0.25, 0.3) is 0 Å². The molecule has 2 atom stereocenters. The van der Waals surface area contributed by atoms with Crippen molar-refractivity contribution >= 4 is 0 Å². The minimum absolute atomic E-state index is 0.653. The molecule has 2 unspecified atom stereocenters. The van der Waals surface area contributed by atoms with Crippen molar-refractivity contribution in [2.24, 2.45) is 11.8 Å². The Labute approximate surface area is 108 Å². The fourth-order valence-corrected chi connectivity index (χ4v) is 3.47. The van der Waals surface area contributed by atoms with Crippen LogP contribution < -0.4 is 5.32 Å². The maximum atomic E-state index is 4.59. The average Bonchev–Trinajstić information content (AvgIpc) is 3.31. The molecule has 3 aliphatic rings. The second-order valence-corrected chi connectivity index (χ2v) is 6.33. The minimum Gasteiger partial charge on any atom is -0.307 e. The monoisotopic (exact) mass is 246 g/mol. The molecule has 1 aromatic rings. The Morgan fingerprint density at radius 3 is 2.78 bits per heavy atom. The lowest BCUT2D eigenvalue weighted by atomic mass is 9.98. The Morgan fingerprint density at radius 1 is 1.11 bits per heavy atom. The second-order valence-electron chi connectivity index (χ2n) is 6.33. The van der Waals surface area contributed by atoms with Gasteiger partial charge in [0.05, 0.1) is 6.54 Å². The maximum Gasteiger partial charge on any atom is 0.153 e. The molecule has 0 amide bonds. The zero-order valence-corrected chi connectivity index (χ0v) is 10.9. The molecule has 1 aromatic heterocycles. The first-order chi connectivity index (χ1) is 8.90. The number of hydrogen-bond donors (Lipinski definition) is 2. The summed E-state index contributed by atoms with van der Waals surface area (Å²) in [5, 5.41) is 11.1. The number of nitrogens with one attached hydrogen (secondary N) is 2. The number of aromatic nitrogens is 3. The largest absolute Gasteiger partial charge is 0.307 e. The first-order valence-electron chi connectivity index (χ1n) is 7.55. The third-order valence-corrected chi connectivity index (χ3v) is 4.82. The summed E-state index contributed by atoms with van der Waals surface area (Å²) in [7, 11) is 0. The van der Waals surface area contributed by atoms with Crippen LogP contribution in [0.4, 0.5) is 0 Å². The van der Waals surface area contributed by atoms with Gasteiger partial charge in [-0.3, -0.25) is 5.10 Å². The smallest absolute Gasteiger partial charge is 0.153 e. The van der Waals surface area contributed by atoms with Crippen LogP contribution in [0.2, 0.25) is 0 Å². The molecular weight excluding hydrogens is 224 g/mol. The first-order valence-corrected chi connectivity index (χ1v) is 7.55. The van der Waals surface area contributed by atoms with E-state index in [1.54, 1.807) is 0 Å². The van der Waals surface area contributed by atoms with Crippen molar-refractivity contribution in [1.29, 1.82) is 0 Å². The van der Waals surface area contributed by atoms with Gasteiger partial charge in [-0.15, -0.1) is 0 Å². The van der Waals surface area contributed by atoms with E-state index in [0.717, 1.165) is 36.1 Å². The first kappa shape index (κ1) is 11.0. The van der Waals surface area contributed by atoms with Gasteiger partial charge in [-0.2, -0.15) is 5.10 Å². The molecule has 98 valence electrons. The average molecular weight is 246 g/mol. The quantitative estimate of drug-likeness (QED) is 0.838. The van der Waals surface area contributed by atoms with Gasteiger partial charge in [0.1, 0.15) is 5.82 Å². The van der Waals surface area contributed by atoms with Crippen molar-refractivity contribution in [1.82, 2.24) is 20.5 Å². The maximum absolute atomic E-state index is 4.59. The van der Waals surface area contributed by atoms with E-state index in [2.05, 4.69) is 20.5 Å². The van der Waals surface area contributed by atoms with Crippen LogP contribution in [-0.2, 0) is 6.54 Å². The topological polar surface area (TPSA) is 53.6 Å². The third kappa shape index (κ3) is 2.18. The Morgan fingerprint density at radius 2 is 2.00 bits per heavy atom. The molecule has 0 saturated heterocycles. The third-order valence-electron chi connectivity index (χ3n) is 4.82. The molecule has 0 bridgehead atoms. The summed E-state index contributed by atoms with van der Waals surface area (Å²) < 4.78 is 0. The second kappa shape index (κ2) is 4.34. The van der Waals surface area contributed by atoms with Crippen molar-refractivity contribution in [3.05, 3.63) is 11.6 Å². The molecule has 0 spiro atoms. The Kier molecular flexibility index (Phi) is 2.64. The molecule has 3 fully saturated rings. The molecule has 0 aromatic carbocycles. The highest BCUT2D eigenvalue weighted by Crippen LogP contribution is 2.45. The van der Waals surface area contributed by atoms with Crippen molar-refractivity contribution < 1.29 is 0 Å². The van der Waals surface area contributed by atoms with E-state index in [1.807, 2.05) is 0 Å². The zero-order valence-electron chi connectivity index (χ0n) is 10.9. The molecule has 0 radical (unpaired) electrons. The highest BCUT2D eigenvalue weighted by molar-refractivity contribution is 5.05. The highest BCUT2D eigenvalue weighted by Gasteiger charge is 2.39. The summed E-state index contributed by atoms with van der Waals surface area (Å²) in [6.07, 6.45) is 9.68. The summed E-state index contributed by atoms with van der Waals surface area (Å²) in [5.74, 6) is 4.69. The molecule has 0 aliphatic heterocycles. The molecule has 4 heteroatoms. The van der Waals surface area contributed by atoms with Crippen LogP contribution in [0.5, 0.6) is 0 Å². The molecule has 1 heterocycles. The zero-order chi connectivity index (χ0) is 11.9. The number of nitrogens with zero attached hydrogens (tertiary/aromatic N) is 2. The normalized spacial score (nSPS) is 32.0. The van der Waals surface area contributed by atoms with Crippen LogP contribution in [0.15, 0.2) is 0 Å². The van der Waals surface area contributed by atoms with Crippen LogP contribution in [0.1, 0.15) is 62.5 Å². The van der Waals surface area contributed by atoms with E-state index < -0.39 is 0 Å². The summed E-state index contributed by atoms with van der Waals surface area (Å²) in [6, 6.07) is 0.729. The van der Waals surface area contributed by atoms with E-state index in [4.69, 9.17) is 0 Å². The van der Waals surface area contributed by atoms with Crippen LogP contribution >= 0.6 is 0 Å². The SMILES string of the molecule is C1CC(NCc2nc(C3CC3)n[nH]2)C(C2CC2)C1. The van der Waals surface area contributed by atoms with Gasteiger partial charge < -0.3 is 5.32 Å². The van der Waals surface area contributed by atoms with Gasteiger partial charge in [-0.1, -0.05) is 6.42 Å². The van der Waals surface area contributed by atoms with Gasteiger partial charge in [0, 0.05) is 12.0 Å². The predicted octanol–water partition coefficient (Wildman–Crippen LogP) is 2.35. The van der Waals surface area contributed by atoms with Crippen molar-refractivity contribution in [2.45, 2.75) is 63.5 Å². The number of aromatic amines is 1. The van der Waals surface area contributed by atoms with Gasteiger partial charge >= 0.3 is 0 Å². The molecular formula is C14H22N4. The van der Waals surface area contributed by atoms with E-state index in [0.29, 0.717) is 5.92 Å². The van der Waals surface area contributed by atoms with Crippen molar-refractivity contribution in [3.63, 3.8) is 0 Å². The highest BCUT2D eigenvalue weighted by atomic mass is 15.2. The Balaban J connectivity index is 1.33. The van der Waals surface area contributed by atoms with Crippen LogP contribution in [-0.4, -0.2) is 21.2 Å². The van der Waals surface area contributed by atoms with E-state index in [9.17, 15) is 0 Å². The number of rotatable bonds is 5.